The maximum Gasteiger partial charge on any atom is 0.188 e. The topological polar surface area (TPSA) is 58.0 Å². The number of rotatable bonds is 6. The molecule has 1 aliphatic rings. The van der Waals surface area contributed by atoms with Gasteiger partial charge in [-0.15, -0.1) is 0 Å². The van der Waals surface area contributed by atoms with Crippen LogP contribution in [-0.4, -0.2) is 40.0 Å². The van der Waals surface area contributed by atoms with Gasteiger partial charge >= 0.3 is 0 Å². The van der Waals surface area contributed by atoms with E-state index in [-0.39, 0.29) is 12.1 Å². The minimum Gasteiger partial charge on any atom is -0.394 e. The predicted molar refractivity (Wildman–Crippen MR) is 78.6 cm³/mol. The molecule has 2 N–H and O–H groups in total. The number of nitrogens with one attached hydrogen (secondary N) is 1. The van der Waals surface area contributed by atoms with Crippen LogP contribution >= 0.6 is 11.8 Å². The monoisotopic (exact) mass is 281 g/mol. The number of aryl methyl sites for hydroxylation is 2. The Bertz CT molecular complexity index is 433. The van der Waals surface area contributed by atoms with Gasteiger partial charge in [-0.3, -0.25) is 0 Å². The Labute approximate surface area is 119 Å². The minimum absolute atomic E-state index is 0.172. The number of aromatic nitrogens is 2. The van der Waals surface area contributed by atoms with Crippen LogP contribution in [0.5, 0.6) is 0 Å². The van der Waals surface area contributed by atoms with Crippen molar-refractivity contribution in [3.63, 3.8) is 0 Å². The van der Waals surface area contributed by atoms with Crippen LogP contribution in [0.1, 0.15) is 29.8 Å². The summed E-state index contributed by atoms with van der Waals surface area (Å²) in [6.07, 6.45) is 2.41. The zero-order chi connectivity index (χ0) is 14.0. The molecule has 1 aliphatic carbocycles. The summed E-state index contributed by atoms with van der Waals surface area (Å²) < 4.78 is 0. The Balaban J connectivity index is 2.09. The summed E-state index contributed by atoms with van der Waals surface area (Å²) in [5.74, 6) is 1.40. The van der Waals surface area contributed by atoms with Crippen molar-refractivity contribution in [2.45, 2.75) is 44.3 Å². The third-order valence-electron chi connectivity index (χ3n) is 4.21. The average molecular weight is 281 g/mol. The van der Waals surface area contributed by atoms with E-state index in [4.69, 9.17) is 0 Å². The molecule has 1 heterocycles. The van der Waals surface area contributed by atoms with E-state index in [1.165, 1.54) is 12.8 Å². The second-order valence-electron chi connectivity index (χ2n) is 5.43. The molecule has 1 unspecified atom stereocenters. The Kier molecular flexibility index (Phi) is 4.48. The number of hydrogen-bond acceptors (Lipinski definition) is 5. The maximum atomic E-state index is 9.70. The summed E-state index contributed by atoms with van der Waals surface area (Å²) in [6.45, 7) is 6.26. The van der Waals surface area contributed by atoms with E-state index in [0.29, 0.717) is 5.92 Å². The van der Waals surface area contributed by atoms with Gasteiger partial charge in [0.25, 0.3) is 0 Å². The lowest BCUT2D eigenvalue weighted by molar-refractivity contribution is 0.167. The molecule has 1 aromatic heterocycles. The highest BCUT2D eigenvalue weighted by atomic mass is 32.2. The Morgan fingerprint density at radius 1 is 1.26 bits per heavy atom. The minimum atomic E-state index is -0.180. The van der Waals surface area contributed by atoms with E-state index < -0.39 is 0 Å². The third-order valence-corrected chi connectivity index (χ3v) is 5.31. The van der Waals surface area contributed by atoms with Crippen molar-refractivity contribution in [2.24, 2.45) is 5.92 Å². The van der Waals surface area contributed by atoms with Crippen molar-refractivity contribution in [1.82, 2.24) is 15.3 Å². The standard InChI is InChI=1S/C14H23N3OS/c1-9-10(2)16-13(17-11(9)3)19-8-14(7-18,15-4)12-5-6-12/h12,15,18H,5-8H2,1-4H3. The van der Waals surface area contributed by atoms with E-state index >= 15 is 0 Å². The summed E-state index contributed by atoms with van der Waals surface area (Å²) in [6, 6.07) is 0. The molecule has 1 saturated carbocycles. The van der Waals surface area contributed by atoms with Gasteiger partial charge < -0.3 is 10.4 Å². The largest absolute Gasteiger partial charge is 0.394 e. The van der Waals surface area contributed by atoms with Crippen LogP contribution in [0.15, 0.2) is 5.16 Å². The molecule has 0 aliphatic heterocycles. The Morgan fingerprint density at radius 2 is 1.84 bits per heavy atom. The molecule has 1 fully saturated rings. The van der Waals surface area contributed by atoms with E-state index in [2.05, 4.69) is 22.2 Å². The fourth-order valence-corrected chi connectivity index (χ4v) is 3.54. The Hall–Kier alpha value is -0.650. The highest BCUT2D eigenvalue weighted by Gasteiger charge is 2.43. The lowest BCUT2D eigenvalue weighted by Gasteiger charge is -2.31. The molecule has 19 heavy (non-hydrogen) atoms. The van der Waals surface area contributed by atoms with Gasteiger partial charge in [-0.25, -0.2) is 9.97 Å². The van der Waals surface area contributed by atoms with Crippen molar-refractivity contribution < 1.29 is 5.11 Å². The quantitative estimate of drug-likeness (QED) is 0.615. The Morgan fingerprint density at radius 3 is 2.26 bits per heavy atom. The van der Waals surface area contributed by atoms with Crippen LogP contribution in [0, 0.1) is 26.7 Å². The normalized spacial score (nSPS) is 18.4. The van der Waals surface area contributed by atoms with Crippen molar-refractivity contribution in [3.05, 3.63) is 17.0 Å². The highest BCUT2D eigenvalue weighted by Crippen LogP contribution is 2.41. The molecule has 106 valence electrons. The zero-order valence-corrected chi connectivity index (χ0v) is 13.0. The van der Waals surface area contributed by atoms with Crippen LogP contribution in [0.25, 0.3) is 0 Å². The van der Waals surface area contributed by atoms with Gasteiger partial charge in [-0.1, -0.05) is 11.8 Å². The van der Waals surface area contributed by atoms with Gasteiger partial charge in [-0.05, 0) is 52.1 Å². The second kappa shape index (κ2) is 5.77. The van der Waals surface area contributed by atoms with E-state index in [1.54, 1.807) is 11.8 Å². The SMILES string of the molecule is CNC(CO)(CSc1nc(C)c(C)c(C)n1)C1CC1. The van der Waals surface area contributed by atoms with Crippen LogP contribution in [-0.2, 0) is 0 Å². The molecule has 0 radical (unpaired) electrons. The molecular formula is C14H23N3OS. The smallest absolute Gasteiger partial charge is 0.188 e. The molecule has 0 bridgehead atoms. The number of aliphatic hydroxyl groups excluding tert-OH is 1. The van der Waals surface area contributed by atoms with Gasteiger partial charge in [0, 0.05) is 17.1 Å². The fraction of sp³-hybridized carbons (Fsp3) is 0.714. The zero-order valence-electron chi connectivity index (χ0n) is 12.2. The molecule has 1 aromatic rings. The number of nitrogens with zero attached hydrogens (tertiary/aromatic N) is 2. The number of likely N-dealkylation sites (N-methyl/N-ethyl adjacent to an activating group) is 1. The molecule has 0 saturated heterocycles. The first-order valence-electron chi connectivity index (χ1n) is 6.77. The summed E-state index contributed by atoms with van der Waals surface area (Å²) in [5.41, 5.74) is 3.07. The predicted octanol–water partition coefficient (Wildman–Crippen LogP) is 1.85. The summed E-state index contributed by atoms with van der Waals surface area (Å²) in [4.78, 5) is 9.05. The highest BCUT2D eigenvalue weighted by molar-refractivity contribution is 7.99. The molecule has 4 nitrogen and oxygen atoms in total. The molecule has 5 heteroatoms. The molecule has 2 rings (SSSR count). The summed E-state index contributed by atoms with van der Waals surface area (Å²) >= 11 is 1.64. The van der Waals surface area contributed by atoms with E-state index in [0.717, 1.165) is 27.9 Å². The molecule has 0 amide bonds. The first-order valence-corrected chi connectivity index (χ1v) is 7.75. The van der Waals surface area contributed by atoms with Crippen molar-refractivity contribution in [1.29, 1.82) is 0 Å². The van der Waals surface area contributed by atoms with Gasteiger partial charge in [0.1, 0.15) is 0 Å². The van der Waals surface area contributed by atoms with E-state index in [1.807, 2.05) is 20.9 Å². The molecule has 1 atom stereocenters. The van der Waals surface area contributed by atoms with Gasteiger partial charge in [0.05, 0.1) is 12.1 Å². The lowest BCUT2D eigenvalue weighted by Crippen LogP contribution is -2.51. The second-order valence-corrected chi connectivity index (χ2v) is 6.37. The van der Waals surface area contributed by atoms with Gasteiger partial charge in [0.2, 0.25) is 0 Å². The number of hydrogen-bond donors (Lipinski definition) is 2. The van der Waals surface area contributed by atoms with Crippen molar-refractivity contribution in [2.75, 3.05) is 19.4 Å². The maximum absolute atomic E-state index is 9.70. The summed E-state index contributed by atoms with van der Waals surface area (Å²) in [5, 5.41) is 13.8. The van der Waals surface area contributed by atoms with Crippen LogP contribution in [0.3, 0.4) is 0 Å². The number of aliphatic hydroxyl groups is 1. The van der Waals surface area contributed by atoms with Crippen LogP contribution in [0.4, 0.5) is 0 Å². The van der Waals surface area contributed by atoms with Gasteiger partial charge in [-0.2, -0.15) is 0 Å². The van der Waals surface area contributed by atoms with E-state index in [9.17, 15) is 5.11 Å². The van der Waals surface area contributed by atoms with Crippen molar-refractivity contribution >= 4 is 11.8 Å². The fourth-order valence-electron chi connectivity index (χ4n) is 2.28. The van der Waals surface area contributed by atoms with Crippen molar-refractivity contribution in [3.8, 4) is 0 Å². The number of thioether (sulfide) groups is 1. The first kappa shape index (κ1) is 14.8. The average Bonchev–Trinajstić information content (AvgIpc) is 3.22. The molecule has 0 aromatic carbocycles. The molecular weight excluding hydrogens is 258 g/mol. The van der Waals surface area contributed by atoms with Crippen LogP contribution < -0.4 is 5.32 Å². The summed E-state index contributed by atoms with van der Waals surface area (Å²) in [7, 11) is 1.93. The lowest BCUT2D eigenvalue weighted by atomic mass is 9.97. The van der Waals surface area contributed by atoms with Gasteiger partial charge in [0.15, 0.2) is 5.16 Å². The molecule has 0 spiro atoms. The van der Waals surface area contributed by atoms with Crippen LogP contribution in [0.2, 0.25) is 0 Å². The first-order chi connectivity index (χ1) is 9.02. The third kappa shape index (κ3) is 3.09.